The molecule has 1 amide bonds. The Balaban J connectivity index is 1.83. The fraction of sp³-hybridized carbons (Fsp3) is 0.278. The monoisotopic (exact) mass is 412 g/mol. The second kappa shape index (κ2) is 7.96. The van der Waals surface area contributed by atoms with Crippen molar-refractivity contribution in [2.45, 2.75) is 24.2 Å². The van der Waals surface area contributed by atoms with Gasteiger partial charge < -0.3 is 5.32 Å². The molecule has 0 saturated carbocycles. The van der Waals surface area contributed by atoms with E-state index in [1.165, 1.54) is 28.6 Å². The van der Waals surface area contributed by atoms with E-state index in [9.17, 15) is 13.2 Å². The van der Waals surface area contributed by atoms with E-state index in [1.807, 2.05) is 0 Å². The summed E-state index contributed by atoms with van der Waals surface area (Å²) < 4.78 is 27.0. The largest absolute Gasteiger partial charge is 0.322 e. The van der Waals surface area contributed by atoms with Gasteiger partial charge in [-0.05, 0) is 49.2 Å². The molecule has 26 heavy (non-hydrogen) atoms. The normalized spacial score (nSPS) is 15.6. The molecule has 0 radical (unpaired) electrons. The van der Waals surface area contributed by atoms with E-state index in [0.717, 1.165) is 19.3 Å². The topological polar surface area (TPSA) is 66.5 Å². The molecule has 0 unspecified atom stereocenters. The highest BCUT2D eigenvalue weighted by Crippen LogP contribution is 2.25. The Kier molecular flexibility index (Phi) is 5.87. The predicted octanol–water partition coefficient (Wildman–Crippen LogP) is 4.42. The van der Waals surface area contributed by atoms with Gasteiger partial charge in [-0.3, -0.25) is 4.79 Å². The molecule has 138 valence electrons. The van der Waals surface area contributed by atoms with Crippen LogP contribution in [-0.4, -0.2) is 31.7 Å². The van der Waals surface area contributed by atoms with Gasteiger partial charge >= 0.3 is 0 Å². The van der Waals surface area contributed by atoms with Crippen molar-refractivity contribution in [2.24, 2.45) is 0 Å². The van der Waals surface area contributed by atoms with E-state index in [1.54, 1.807) is 18.2 Å². The van der Waals surface area contributed by atoms with E-state index >= 15 is 0 Å². The summed E-state index contributed by atoms with van der Waals surface area (Å²) in [4.78, 5) is 12.6. The molecule has 0 bridgehead atoms. The number of carbonyl (C=O) groups excluding carboxylic acids is 1. The minimum absolute atomic E-state index is 0.161. The summed E-state index contributed by atoms with van der Waals surface area (Å²) in [6, 6.07) is 10.8. The van der Waals surface area contributed by atoms with Crippen molar-refractivity contribution >= 4 is 44.8 Å². The second-order valence-corrected chi connectivity index (χ2v) is 8.85. The zero-order chi connectivity index (χ0) is 18.7. The van der Waals surface area contributed by atoms with Gasteiger partial charge in [0.05, 0.1) is 15.5 Å². The van der Waals surface area contributed by atoms with Crippen molar-refractivity contribution in [3.05, 3.63) is 58.1 Å². The molecule has 1 heterocycles. The van der Waals surface area contributed by atoms with Gasteiger partial charge in [0, 0.05) is 23.8 Å². The molecular formula is C18H18Cl2N2O3S. The number of nitrogens with one attached hydrogen (secondary N) is 1. The maximum Gasteiger partial charge on any atom is 0.257 e. The maximum atomic E-state index is 12.8. The number of benzene rings is 2. The number of amides is 1. The molecule has 1 aliphatic rings. The zero-order valence-electron chi connectivity index (χ0n) is 13.9. The second-order valence-electron chi connectivity index (χ2n) is 6.07. The van der Waals surface area contributed by atoms with Gasteiger partial charge in [0.1, 0.15) is 0 Å². The van der Waals surface area contributed by atoms with E-state index in [2.05, 4.69) is 5.32 Å². The van der Waals surface area contributed by atoms with E-state index in [0.29, 0.717) is 23.8 Å². The molecule has 1 fully saturated rings. The molecule has 3 rings (SSSR count). The van der Waals surface area contributed by atoms with E-state index < -0.39 is 15.9 Å². The average molecular weight is 413 g/mol. The van der Waals surface area contributed by atoms with Gasteiger partial charge in [-0.1, -0.05) is 35.7 Å². The first-order valence-electron chi connectivity index (χ1n) is 8.24. The third kappa shape index (κ3) is 4.20. The summed E-state index contributed by atoms with van der Waals surface area (Å²) in [6.07, 6.45) is 2.77. The number of nitrogens with zero attached hydrogens (tertiary/aromatic N) is 1. The van der Waals surface area contributed by atoms with Gasteiger partial charge in [-0.25, -0.2) is 8.42 Å². The average Bonchev–Trinajstić information content (AvgIpc) is 2.64. The SMILES string of the molecule is O=C(Nc1cccc(S(=O)(=O)N2CCCCC2)c1)c1cc(Cl)ccc1Cl. The van der Waals surface area contributed by atoms with Crippen molar-refractivity contribution in [3.8, 4) is 0 Å². The number of piperidine rings is 1. The summed E-state index contributed by atoms with van der Waals surface area (Å²) in [5.41, 5.74) is 0.604. The molecule has 8 heteroatoms. The molecule has 0 aromatic heterocycles. The molecule has 2 aromatic rings. The van der Waals surface area contributed by atoms with Crippen LogP contribution in [0, 0.1) is 0 Å². The van der Waals surface area contributed by atoms with Crippen molar-refractivity contribution in [1.82, 2.24) is 4.31 Å². The first-order chi connectivity index (χ1) is 12.4. The van der Waals surface area contributed by atoms with Crippen LogP contribution in [0.3, 0.4) is 0 Å². The Labute approximate surface area is 163 Å². The van der Waals surface area contributed by atoms with Crippen LogP contribution in [0.5, 0.6) is 0 Å². The summed E-state index contributed by atoms with van der Waals surface area (Å²) in [5, 5.41) is 3.33. The fourth-order valence-electron chi connectivity index (χ4n) is 2.86. The quantitative estimate of drug-likeness (QED) is 0.807. The number of anilines is 1. The van der Waals surface area contributed by atoms with Crippen molar-refractivity contribution in [2.75, 3.05) is 18.4 Å². The third-order valence-electron chi connectivity index (χ3n) is 4.22. The molecule has 0 aliphatic carbocycles. The van der Waals surface area contributed by atoms with Gasteiger partial charge in [-0.2, -0.15) is 4.31 Å². The Hall–Kier alpha value is -1.60. The standard InChI is InChI=1S/C18H18Cl2N2O3S/c19-13-7-8-17(20)16(11-13)18(23)21-14-5-4-6-15(12-14)26(24,25)22-9-2-1-3-10-22/h4-8,11-12H,1-3,9-10H2,(H,21,23). The number of carbonyl (C=O) groups is 1. The smallest absolute Gasteiger partial charge is 0.257 e. The Morgan fingerprint density at radius 2 is 1.73 bits per heavy atom. The molecule has 2 aromatic carbocycles. The first-order valence-corrected chi connectivity index (χ1v) is 10.4. The predicted molar refractivity (Wildman–Crippen MR) is 103 cm³/mol. The van der Waals surface area contributed by atoms with Gasteiger partial charge in [0.15, 0.2) is 0 Å². The van der Waals surface area contributed by atoms with Crippen LogP contribution in [0.25, 0.3) is 0 Å². The van der Waals surface area contributed by atoms with Crippen molar-refractivity contribution in [1.29, 1.82) is 0 Å². The van der Waals surface area contributed by atoms with Crippen LogP contribution in [0.2, 0.25) is 10.0 Å². The molecule has 0 spiro atoms. The number of sulfonamides is 1. The molecule has 1 N–H and O–H groups in total. The fourth-order valence-corrected chi connectivity index (χ4v) is 4.80. The van der Waals surface area contributed by atoms with E-state index in [-0.39, 0.29) is 15.5 Å². The van der Waals surface area contributed by atoms with Crippen molar-refractivity contribution < 1.29 is 13.2 Å². The molecule has 1 saturated heterocycles. The number of halogens is 2. The van der Waals surface area contributed by atoms with Crippen molar-refractivity contribution in [3.63, 3.8) is 0 Å². The van der Waals surface area contributed by atoms with Crippen LogP contribution in [0.4, 0.5) is 5.69 Å². The minimum atomic E-state index is -3.56. The van der Waals surface area contributed by atoms with Crippen LogP contribution in [-0.2, 0) is 10.0 Å². The maximum absolute atomic E-state index is 12.8. The Bertz CT molecular complexity index is 926. The molecular weight excluding hydrogens is 395 g/mol. The lowest BCUT2D eigenvalue weighted by molar-refractivity contribution is 0.102. The number of hydrogen-bond acceptors (Lipinski definition) is 3. The van der Waals surface area contributed by atoms with Gasteiger partial charge in [0.2, 0.25) is 10.0 Å². The zero-order valence-corrected chi connectivity index (χ0v) is 16.2. The van der Waals surface area contributed by atoms with Crippen LogP contribution in [0.15, 0.2) is 47.4 Å². The third-order valence-corrected chi connectivity index (χ3v) is 6.68. The number of hydrogen-bond donors (Lipinski definition) is 1. The summed E-state index contributed by atoms with van der Waals surface area (Å²) in [5.74, 6) is -0.454. The summed E-state index contributed by atoms with van der Waals surface area (Å²) in [6.45, 7) is 1.05. The molecule has 5 nitrogen and oxygen atoms in total. The van der Waals surface area contributed by atoms with Crippen LogP contribution >= 0.6 is 23.2 Å². The lowest BCUT2D eigenvalue weighted by Gasteiger charge is -2.26. The molecule has 1 aliphatic heterocycles. The number of rotatable bonds is 4. The van der Waals surface area contributed by atoms with Gasteiger partial charge in [0.25, 0.3) is 5.91 Å². The summed E-state index contributed by atoms with van der Waals surface area (Å²) >= 11 is 12.0. The lowest BCUT2D eigenvalue weighted by Crippen LogP contribution is -2.35. The van der Waals surface area contributed by atoms with Crippen LogP contribution in [0.1, 0.15) is 29.6 Å². The highest BCUT2D eigenvalue weighted by atomic mass is 35.5. The highest BCUT2D eigenvalue weighted by molar-refractivity contribution is 7.89. The minimum Gasteiger partial charge on any atom is -0.322 e. The van der Waals surface area contributed by atoms with E-state index in [4.69, 9.17) is 23.2 Å². The molecule has 0 atom stereocenters. The Morgan fingerprint density at radius 1 is 1.00 bits per heavy atom. The van der Waals surface area contributed by atoms with Crippen LogP contribution < -0.4 is 5.32 Å². The summed E-state index contributed by atoms with van der Waals surface area (Å²) in [7, 11) is -3.56. The first kappa shape index (κ1) is 19.2. The Morgan fingerprint density at radius 3 is 2.46 bits per heavy atom. The van der Waals surface area contributed by atoms with Gasteiger partial charge in [-0.15, -0.1) is 0 Å². The highest BCUT2D eigenvalue weighted by Gasteiger charge is 2.26. The lowest BCUT2D eigenvalue weighted by atomic mass is 10.2.